The average Bonchev–Trinajstić information content (AvgIpc) is 3.44. The number of aromatic amines is 1. The summed E-state index contributed by atoms with van der Waals surface area (Å²) in [6.45, 7) is -0.00166. The third-order valence-corrected chi connectivity index (χ3v) is 6.46. The lowest BCUT2D eigenvalue weighted by molar-refractivity contribution is -0.159. The summed E-state index contributed by atoms with van der Waals surface area (Å²) in [5.41, 5.74) is -2.07. The van der Waals surface area contributed by atoms with Crippen LogP contribution in [0.5, 0.6) is 0 Å². The van der Waals surface area contributed by atoms with Crippen LogP contribution in [0.1, 0.15) is 31.9 Å². The van der Waals surface area contributed by atoms with Crippen molar-refractivity contribution in [2.75, 3.05) is 25.2 Å². The maximum absolute atomic E-state index is 13.6. The summed E-state index contributed by atoms with van der Waals surface area (Å²) >= 11 is 1.53. The second-order valence-corrected chi connectivity index (χ2v) is 9.00. The molecule has 12 nitrogen and oxygen atoms in total. The first-order chi connectivity index (χ1) is 16.3. The molecule has 2 amide bonds. The lowest BCUT2D eigenvalue weighted by Crippen LogP contribution is -2.50. The molecule has 34 heavy (non-hydrogen) atoms. The van der Waals surface area contributed by atoms with Crippen LogP contribution >= 0.6 is 11.8 Å². The van der Waals surface area contributed by atoms with Gasteiger partial charge in [-0.15, -0.1) is 0 Å². The minimum absolute atomic E-state index is 0.0872. The van der Waals surface area contributed by atoms with E-state index in [-0.39, 0.29) is 18.9 Å². The summed E-state index contributed by atoms with van der Waals surface area (Å²) in [6, 6.07) is -1.57. The standard InChI is InChI=1S/C20H27FN4O8S/c1-34-6-4-12(22-10-26)18(29)24-5-2-3-13(24)19(30)32-9-15-14(27)7-16(33-15)25-8-11(21)17(28)23-20(25)31/h8,10,12-16,27H,2-7,9H2,1H3,(H,22,26)(H,23,28,31)/t12-,13-,14?,15?,16?/m0/s1. The number of aromatic nitrogens is 2. The second kappa shape index (κ2) is 11.6. The molecule has 3 heterocycles. The van der Waals surface area contributed by atoms with Crippen molar-refractivity contribution in [1.29, 1.82) is 0 Å². The van der Waals surface area contributed by atoms with Gasteiger partial charge in [0, 0.05) is 13.0 Å². The van der Waals surface area contributed by atoms with Gasteiger partial charge in [-0.3, -0.25) is 23.9 Å². The van der Waals surface area contributed by atoms with Crippen molar-refractivity contribution in [3.63, 3.8) is 0 Å². The molecule has 5 atom stereocenters. The molecule has 0 aliphatic carbocycles. The van der Waals surface area contributed by atoms with Crippen LogP contribution in [0, 0.1) is 5.82 Å². The predicted molar refractivity (Wildman–Crippen MR) is 117 cm³/mol. The highest BCUT2D eigenvalue weighted by Gasteiger charge is 2.40. The first kappa shape index (κ1) is 25.9. The Kier molecular flexibility index (Phi) is 8.85. The molecule has 0 saturated carbocycles. The molecule has 14 heteroatoms. The Hall–Kier alpha value is -2.71. The van der Waals surface area contributed by atoms with E-state index in [0.29, 0.717) is 44.2 Å². The molecule has 3 rings (SSSR count). The lowest BCUT2D eigenvalue weighted by Gasteiger charge is -2.28. The third kappa shape index (κ3) is 5.85. The number of nitrogens with zero attached hydrogens (tertiary/aromatic N) is 2. The first-order valence-corrected chi connectivity index (χ1v) is 12.2. The molecule has 1 aromatic rings. The maximum atomic E-state index is 13.6. The van der Waals surface area contributed by atoms with Crippen molar-refractivity contribution >= 4 is 30.0 Å². The number of likely N-dealkylation sites (tertiary alicyclic amines) is 1. The number of carbonyl (C=O) groups excluding carboxylic acids is 3. The van der Waals surface area contributed by atoms with Crippen LogP contribution in [0.2, 0.25) is 0 Å². The van der Waals surface area contributed by atoms with Crippen molar-refractivity contribution in [3.05, 3.63) is 32.9 Å². The highest BCUT2D eigenvalue weighted by Crippen LogP contribution is 2.28. The zero-order valence-electron chi connectivity index (χ0n) is 18.5. The molecule has 0 radical (unpaired) electrons. The SMILES string of the molecule is CSCC[C@H](NC=O)C(=O)N1CCC[C@H]1C(=O)OCC1OC(n2cc(F)c(=O)[nH]c2=O)CC1O. The van der Waals surface area contributed by atoms with E-state index in [1.54, 1.807) is 0 Å². The van der Waals surface area contributed by atoms with Crippen LogP contribution in [0.15, 0.2) is 15.8 Å². The number of hydrogen-bond donors (Lipinski definition) is 3. The smallest absolute Gasteiger partial charge is 0.330 e. The Bertz CT molecular complexity index is 1020. The first-order valence-electron chi connectivity index (χ1n) is 10.8. The van der Waals surface area contributed by atoms with Gasteiger partial charge in [0.25, 0.3) is 5.56 Å². The van der Waals surface area contributed by atoms with Gasteiger partial charge in [-0.1, -0.05) is 0 Å². The molecule has 0 bridgehead atoms. The fourth-order valence-electron chi connectivity index (χ4n) is 4.04. The largest absolute Gasteiger partial charge is 0.461 e. The zero-order chi connectivity index (χ0) is 24.8. The number of carbonyl (C=O) groups is 3. The van der Waals surface area contributed by atoms with Crippen LogP contribution in [0.4, 0.5) is 4.39 Å². The molecule has 2 aliphatic heterocycles. The highest BCUT2D eigenvalue weighted by molar-refractivity contribution is 7.98. The Labute approximate surface area is 197 Å². The van der Waals surface area contributed by atoms with Crippen LogP contribution in [0.3, 0.4) is 0 Å². The average molecular weight is 503 g/mol. The Morgan fingerprint density at radius 2 is 2.24 bits per heavy atom. The van der Waals surface area contributed by atoms with Crippen molar-refractivity contribution in [2.24, 2.45) is 0 Å². The summed E-state index contributed by atoms with van der Waals surface area (Å²) in [5.74, 6) is -1.57. The third-order valence-electron chi connectivity index (χ3n) is 5.81. The van der Waals surface area contributed by atoms with Crippen molar-refractivity contribution < 1.29 is 33.4 Å². The second-order valence-electron chi connectivity index (χ2n) is 8.01. The molecular formula is C20H27FN4O8S. The zero-order valence-corrected chi connectivity index (χ0v) is 19.3. The van der Waals surface area contributed by atoms with E-state index in [1.807, 2.05) is 11.2 Å². The van der Waals surface area contributed by atoms with Crippen LogP contribution < -0.4 is 16.6 Å². The summed E-state index contributed by atoms with van der Waals surface area (Å²) in [7, 11) is 0. The van der Waals surface area contributed by atoms with Gasteiger partial charge in [-0.2, -0.15) is 16.2 Å². The summed E-state index contributed by atoms with van der Waals surface area (Å²) < 4.78 is 25.2. The predicted octanol–water partition coefficient (Wildman–Crippen LogP) is -1.27. The minimum Gasteiger partial charge on any atom is -0.461 e. The van der Waals surface area contributed by atoms with Crippen molar-refractivity contribution in [3.8, 4) is 0 Å². The van der Waals surface area contributed by atoms with E-state index < -0.39 is 53.6 Å². The van der Waals surface area contributed by atoms with Crippen LogP contribution in [-0.4, -0.2) is 87.3 Å². The van der Waals surface area contributed by atoms with E-state index in [0.717, 1.165) is 4.57 Å². The molecule has 0 spiro atoms. The van der Waals surface area contributed by atoms with Gasteiger partial charge in [0.2, 0.25) is 18.1 Å². The van der Waals surface area contributed by atoms with Gasteiger partial charge in [-0.05, 0) is 31.3 Å². The Balaban J connectivity index is 1.59. The number of aliphatic hydroxyl groups excluding tert-OH is 1. The summed E-state index contributed by atoms with van der Waals surface area (Å²) in [5, 5.41) is 12.8. The number of amides is 2. The van der Waals surface area contributed by atoms with Crippen molar-refractivity contribution in [2.45, 2.75) is 56.2 Å². The number of halogens is 1. The Morgan fingerprint density at radius 1 is 1.47 bits per heavy atom. The quantitative estimate of drug-likeness (QED) is 0.262. The van der Waals surface area contributed by atoms with Crippen molar-refractivity contribution in [1.82, 2.24) is 19.8 Å². The molecule has 2 fully saturated rings. The topological polar surface area (TPSA) is 160 Å². The van der Waals surface area contributed by atoms with E-state index in [1.165, 1.54) is 16.7 Å². The minimum atomic E-state index is -1.18. The van der Waals surface area contributed by atoms with Gasteiger partial charge in [0.1, 0.15) is 31.0 Å². The number of esters is 1. The number of rotatable bonds is 10. The van der Waals surface area contributed by atoms with Crippen LogP contribution in [0.25, 0.3) is 0 Å². The van der Waals surface area contributed by atoms with E-state index in [4.69, 9.17) is 9.47 Å². The van der Waals surface area contributed by atoms with E-state index in [9.17, 15) is 33.5 Å². The number of thioether (sulfide) groups is 1. The van der Waals surface area contributed by atoms with Gasteiger partial charge in [-0.25, -0.2) is 9.59 Å². The van der Waals surface area contributed by atoms with E-state index in [2.05, 4.69) is 5.32 Å². The molecule has 1 aromatic heterocycles. The fraction of sp³-hybridized carbons (Fsp3) is 0.650. The monoisotopic (exact) mass is 502 g/mol. The van der Waals surface area contributed by atoms with Crippen LogP contribution in [-0.2, 0) is 23.9 Å². The normalized spacial score (nSPS) is 25.2. The van der Waals surface area contributed by atoms with E-state index >= 15 is 0 Å². The molecule has 3 unspecified atom stereocenters. The molecule has 188 valence electrons. The highest BCUT2D eigenvalue weighted by atomic mass is 32.2. The van der Waals surface area contributed by atoms with Gasteiger partial charge in [0.05, 0.1) is 12.3 Å². The molecule has 2 aliphatic rings. The lowest BCUT2D eigenvalue weighted by atomic mass is 10.1. The maximum Gasteiger partial charge on any atom is 0.330 e. The number of aliphatic hydroxyl groups is 1. The number of H-pyrrole nitrogens is 1. The summed E-state index contributed by atoms with van der Waals surface area (Å²) in [4.78, 5) is 62.8. The van der Waals surface area contributed by atoms with Gasteiger partial charge in [0.15, 0.2) is 0 Å². The number of nitrogens with one attached hydrogen (secondary N) is 2. The van der Waals surface area contributed by atoms with Gasteiger partial charge < -0.3 is 24.8 Å². The molecular weight excluding hydrogens is 475 g/mol. The molecule has 0 aromatic carbocycles. The van der Waals surface area contributed by atoms with Gasteiger partial charge >= 0.3 is 11.7 Å². The number of hydrogen-bond acceptors (Lipinski definition) is 9. The summed E-state index contributed by atoms with van der Waals surface area (Å²) in [6.07, 6.45) is 1.18. The molecule has 3 N–H and O–H groups in total. The fourth-order valence-corrected chi connectivity index (χ4v) is 4.51. The Morgan fingerprint density at radius 3 is 2.94 bits per heavy atom. The molecule has 2 saturated heterocycles. The number of ether oxygens (including phenoxy) is 2.